The van der Waals surface area contributed by atoms with Crippen LogP contribution in [-0.2, 0) is 0 Å². The second-order valence-corrected chi connectivity index (χ2v) is 4.88. The number of benzene rings is 1. The predicted octanol–water partition coefficient (Wildman–Crippen LogP) is 2.11. The molecule has 0 bridgehead atoms. The van der Waals surface area contributed by atoms with Gasteiger partial charge in [0, 0.05) is 31.1 Å². The minimum Gasteiger partial charge on any atom is -0.395 e. The van der Waals surface area contributed by atoms with E-state index in [1.807, 2.05) is 30.3 Å². The zero-order valence-corrected chi connectivity index (χ0v) is 10.7. The zero-order chi connectivity index (χ0) is 12.8. The Bertz CT molecular complexity index is 373. The Kier molecular flexibility index (Phi) is 4.90. The fraction of sp³-hybridized carbons (Fsp3) is 0.533. The summed E-state index contributed by atoms with van der Waals surface area (Å²) in [6.45, 7) is 1.63. The summed E-state index contributed by atoms with van der Waals surface area (Å²) in [5, 5.41) is 9.06. The predicted molar refractivity (Wildman–Crippen MR) is 71.7 cm³/mol. The lowest BCUT2D eigenvalue weighted by atomic mass is 9.91. The summed E-state index contributed by atoms with van der Waals surface area (Å²) in [6, 6.07) is 10.0. The summed E-state index contributed by atoms with van der Waals surface area (Å²) < 4.78 is 0. The number of carbonyl (C=O) groups excluding carboxylic acids is 1. The molecule has 3 nitrogen and oxygen atoms in total. The van der Waals surface area contributed by atoms with E-state index in [1.54, 1.807) is 0 Å². The Morgan fingerprint density at radius 2 is 1.94 bits per heavy atom. The third kappa shape index (κ3) is 3.40. The lowest BCUT2D eigenvalue weighted by molar-refractivity contribution is 0.0841. The van der Waals surface area contributed by atoms with Gasteiger partial charge in [0.05, 0.1) is 6.61 Å². The van der Waals surface area contributed by atoms with Crippen LogP contribution in [0, 0.1) is 0 Å². The molecular formula is C15H21NO2. The maximum absolute atomic E-state index is 12.0. The van der Waals surface area contributed by atoms with Crippen LogP contribution >= 0.6 is 0 Å². The van der Waals surface area contributed by atoms with E-state index in [1.165, 1.54) is 19.3 Å². The van der Waals surface area contributed by atoms with E-state index in [0.717, 1.165) is 12.1 Å². The molecule has 18 heavy (non-hydrogen) atoms. The van der Waals surface area contributed by atoms with Gasteiger partial charge in [-0.1, -0.05) is 36.8 Å². The van der Waals surface area contributed by atoms with Gasteiger partial charge in [0.2, 0.25) is 0 Å². The van der Waals surface area contributed by atoms with E-state index in [9.17, 15) is 4.79 Å². The third-order valence-electron chi connectivity index (χ3n) is 3.70. The van der Waals surface area contributed by atoms with Gasteiger partial charge in [-0.05, 0) is 12.8 Å². The van der Waals surface area contributed by atoms with Gasteiger partial charge in [-0.2, -0.15) is 0 Å². The highest BCUT2D eigenvalue weighted by atomic mass is 16.3. The average Bonchev–Trinajstić information content (AvgIpc) is 2.35. The summed E-state index contributed by atoms with van der Waals surface area (Å²) in [5.74, 6) is 0.192. The largest absolute Gasteiger partial charge is 0.395 e. The molecule has 0 spiro atoms. The highest BCUT2D eigenvalue weighted by Crippen LogP contribution is 2.24. The topological polar surface area (TPSA) is 40.5 Å². The number of Topliss-reactive ketones (excluding diaryl/α,β-unsaturated/α-hetero) is 1. The molecule has 0 amide bonds. The number of aliphatic hydroxyl groups excluding tert-OH is 1. The monoisotopic (exact) mass is 247 g/mol. The van der Waals surface area contributed by atoms with E-state index in [-0.39, 0.29) is 12.4 Å². The Labute approximate surface area is 108 Å². The number of hydrogen-bond acceptors (Lipinski definition) is 3. The molecule has 1 aromatic carbocycles. The minimum absolute atomic E-state index is 0.177. The second kappa shape index (κ2) is 6.66. The van der Waals surface area contributed by atoms with Crippen LogP contribution in [0.15, 0.2) is 30.3 Å². The van der Waals surface area contributed by atoms with Gasteiger partial charge in [0.15, 0.2) is 5.78 Å². The van der Waals surface area contributed by atoms with Crippen molar-refractivity contribution in [2.75, 3.05) is 19.7 Å². The molecule has 1 saturated carbocycles. The van der Waals surface area contributed by atoms with E-state index in [4.69, 9.17) is 5.11 Å². The fourth-order valence-corrected chi connectivity index (χ4v) is 2.37. The van der Waals surface area contributed by atoms with E-state index < -0.39 is 0 Å². The van der Waals surface area contributed by atoms with Gasteiger partial charge < -0.3 is 5.11 Å². The van der Waals surface area contributed by atoms with E-state index in [2.05, 4.69) is 4.90 Å². The summed E-state index contributed by atoms with van der Waals surface area (Å²) >= 11 is 0. The molecule has 1 aliphatic carbocycles. The van der Waals surface area contributed by atoms with Crippen LogP contribution in [0.3, 0.4) is 0 Å². The number of ketones is 1. The number of aliphatic hydroxyl groups is 1. The molecule has 1 aromatic rings. The maximum atomic E-state index is 12.0. The van der Waals surface area contributed by atoms with Crippen LogP contribution in [-0.4, -0.2) is 41.5 Å². The highest BCUT2D eigenvalue weighted by molar-refractivity contribution is 5.96. The van der Waals surface area contributed by atoms with Gasteiger partial charge >= 0.3 is 0 Å². The normalized spacial score (nSPS) is 15.7. The SMILES string of the molecule is O=C(CCN(CCO)C1CCC1)c1ccccc1. The number of carbonyl (C=O) groups is 1. The second-order valence-electron chi connectivity index (χ2n) is 4.88. The molecule has 0 heterocycles. The quantitative estimate of drug-likeness (QED) is 0.750. The van der Waals surface area contributed by atoms with Crippen molar-refractivity contribution in [2.45, 2.75) is 31.7 Å². The van der Waals surface area contributed by atoms with Crippen LogP contribution in [0.5, 0.6) is 0 Å². The van der Waals surface area contributed by atoms with Crippen molar-refractivity contribution in [1.82, 2.24) is 4.90 Å². The number of nitrogens with zero attached hydrogens (tertiary/aromatic N) is 1. The number of hydrogen-bond donors (Lipinski definition) is 1. The van der Waals surface area contributed by atoms with Gasteiger partial charge in [-0.25, -0.2) is 0 Å². The van der Waals surface area contributed by atoms with Crippen LogP contribution in [0.2, 0.25) is 0 Å². The van der Waals surface area contributed by atoms with Crippen molar-refractivity contribution >= 4 is 5.78 Å². The molecule has 1 fully saturated rings. The molecule has 0 radical (unpaired) electrons. The zero-order valence-electron chi connectivity index (χ0n) is 10.7. The highest BCUT2D eigenvalue weighted by Gasteiger charge is 2.24. The van der Waals surface area contributed by atoms with Crippen LogP contribution < -0.4 is 0 Å². The van der Waals surface area contributed by atoms with Crippen molar-refractivity contribution in [3.05, 3.63) is 35.9 Å². The van der Waals surface area contributed by atoms with Crippen molar-refractivity contribution in [1.29, 1.82) is 0 Å². The van der Waals surface area contributed by atoms with Crippen molar-refractivity contribution < 1.29 is 9.90 Å². The Morgan fingerprint density at radius 3 is 2.50 bits per heavy atom. The lowest BCUT2D eigenvalue weighted by Gasteiger charge is -2.37. The minimum atomic E-state index is 0.177. The molecule has 0 aliphatic heterocycles. The molecule has 3 heteroatoms. The molecule has 1 aliphatic rings. The first kappa shape index (κ1) is 13.2. The molecule has 98 valence electrons. The fourth-order valence-electron chi connectivity index (χ4n) is 2.37. The Hall–Kier alpha value is -1.19. The molecule has 2 rings (SSSR count). The van der Waals surface area contributed by atoms with E-state index in [0.29, 0.717) is 19.0 Å². The van der Waals surface area contributed by atoms with Gasteiger partial charge in [-0.3, -0.25) is 9.69 Å². The van der Waals surface area contributed by atoms with Gasteiger partial charge in [0.25, 0.3) is 0 Å². The first-order chi connectivity index (χ1) is 8.81. The first-order valence-electron chi connectivity index (χ1n) is 6.74. The Balaban J connectivity index is 1.83. The van der Waals surface area contributed by atoms with Crippen molar-refractivity contribution in [2.24, 2.45) is 0 Å². The average molecular weight is 247 g/mol. The molecule has 0 saturated heterocycles. The first-order valence-corrected chi connectivity index (χ1v) is 6.74. The summed E-state index contributed by atoms with van der Waals surface area (Å²) in [5.41, 5.74) is 0.787. The lowest BCUT2D eigenvalue weighted by Crippen LogP contribution is -2.42. The third-order valence-corrected chi connectivity index (χ3v) is 3.70. The van der Waals surface area contributed by atoms with Crippen LogP contribution in [0.25, 0.3) is 0 Å². The Morgan fingerprint density at radius 1 is 1.22 bits per heavy atom. The van der Waals surface area contributed by atoms with E-state index >= 15 is 0 Å². The van der Waals surface area contributed by atoms with Gasteiger partial charge in [-0.15, -0.1) is 0 Å². The molecular weight excluding hydrogens is 226 g/mol. The molecule has 1 N–H and O–H groups in total. The smallest absolute Gasteiger partial charge is 0.164 e. The molecule has 0 unspecified atom stereocenters. The molecule has 0 atom stereocenters. The van der Waals surface area contributed by atoms with Crippen LogP contribution in [0.1, 0.15) is 36.0 Å². The van der Waals surface area contributed by atoms with Crippen LogP contribution in [0.4, 0.5) is 0 Å². The van der Waals surface area contributed by atoms with Crippen molar-refractivity contribution in [3.63, 3.8) is 0 Å². The number of rotatable bonds is 7. The van der Waals surface area contributed by atoms with Crippen molar-refractivity contribution in [3.8, 4) is 0 Å². The summed E-state index contributed by atoms with van der Waals surface area (Å²) in [6.07, 6.45) is 4.23. The summed E-state index contributed by atoms with van der Waals surface area (Å²) in [4.78, 5) is 14.2. The standard InChI is InChI=1S/C15H21NO2/c17-12-11-16(14-7-4-8-14)10-9-15(18)13-5-2-1-3-6-13/h1-3,5-6,14,17H,4,7-12H2. The maximum Gasteiger partial charge on any atom is 0.164 e. The van der Waals surface area contributed by atoms with Gasteiger partial charge in [0.1, 0.15) is 0 Å². The summed E-state index contributed by atoms with van der Waals surface area (Å²) in [7, 11) is 0. The molecule has 0 aromatic heterocycles.